The normalized spacial score (nSPS) is 14.0. The molecule has 2 aromatic rings. The van der Waals surface area contributed by atoms with Crippen LogP contribution in [0.5, 0.6) is 0 Å². The summed E-state index contributed by atoms with van der Waals surface area (Å²) in [5.74, 6) is 1.32. The van der Waals surface area contributed by atoms with Gasteiger partial charge in [-0.3, -0.25) is 4.79 Å². The second-order valence-corrected chi connectivity index (χ2v) is 7.88. The van der Waals surface area contributed by atoms with Gasteiger partial charge in [-0.1, -0.05) is 38.1 Å². The lowest BCUT2D eigenvalue weighted by Gasteiger charge is -2.35. The third-order valence-electron chi connectivity index (χ3n) is 5.40. The summed E-state index contributed by atoms with van der Waals surface area (Å²) in [6, 6.07) is 11.6. The highest BCUT2D eigenvalue weighted by atomic mass is 16.2. The molecule has 1 fully saturated rings. The highest BCUT2D eigenvalue weighted by Crippen LogP contribution is 2.27. The number of benzene rings is 1. The molecule has 1 aromatic carbocycles. The van der Waals surface area contributed by atoms with Crippen molar-refractivity contribution >= 4 is 23.4 Å². The van der Waals surface area contributed by atoms with Crippen LogP contribution in [0.1, 0.15) is 37.3 Å². The molecule has 2 N–H and O–H groups in total. The van der Waals surface area contributed by atoms with Crippen molar-refractivity contribution in [1.29, 1.82) is 0 Å². The van der Waals surface area contributed by atoms with E-state index >= 15 is 0 Å². The van der Waals surface area contributed by atoms with Crippen molar-refractivity contribution in [3.05, 3.63) is 53.7 Å². The molecule has 0 unspecified atom stereocenters. The van der Waals surface area contributed by atoms with Crippen LogP contribution in [-0.4, -0.2) is 54.5 Å². The monoisotopic (exact) mass is 409 g/mol. The molecule has 3 rings (SSSR count). The standard InChI is InChI=1S/C23H31N5O2/c1-17(2)19-8-6-7-18(3)22(19)26-23(30)25-12-10-21(29)28-15-13-27(14-16-28)20-9-4-5-11-24-20/h4-9,11,17H,10,12-16H2,1-3H3,(H2,25,26,30). The maximum absolute atomic E-state index is 12.5. The lowest BCUT2D eigenvalue weighted by molar-refractivity contribution is -0.131. The molecule has 2 heterocycles. The number of para-hydroxylation sites is 1. The smallest absolute Gasteiger partial charge is 0.319 e. The number of aryl methyl sites for hydroxylation is 1. The lowest BCUT2D eigenvalue weighted by atomic mass is 9.98. The molecule has 7 heteroatoms. The first-order chi connectivity index (χ1) is 14.5. The van der Waals surface area contributed by atoms with Gasteiger partial charge in [-0.15, -0.1) is 0 Å². The molecular formula is C23H31N5O2. The van der Waals surface area contributed by atoms with Crippen molar-refractivity contribution in [2.24, 2.45) is 0 Å². The lowest BCUT2D eigenvalue weighted by Crippen LogP contribution is -2.49. The molecule has 1 aromatic heterocycles. The van der Waals surface area contributed by atoms with Gasteiger partial charge in [0.15, 0.2) is 0 Å². The molecule has 30 heavy (non-hydrogen) atoms. The van der Waals surface area contributed by atoms with E-state index in [1.165, 1.54) is 0 Å². The maximum atomic E-state index is 12.5. The molecule has 1 aliphatic heterocycles. The molecule has 3 amide bonds. The molecule has 0 bridgehead atoms. The van der Waals surface area contributed by atoms with E-state index in [2.05, 4.69) is 34.4 Å². The highest BCUT2D eigenvalue weighted by molar-refractivity contribution is 5.91. The first kappa shape index (κ1) is 21.6. The summed E-state index contributed by atoms with van der Waals surface area (Å²) >= 11 is 0. The molecule has 160 valence electrons. The van der Waals surface area contributed by atoms with Gasteiger partial charge in [-0.25, -0.2) is 9.78 Å². The summed E-state index contributed by atoms with van der Waals surface area (Å²) in [4.78, 5) is 33.2. The van der Waals surface area contributed by atoms with E-state index in [-0.39, 0.29) is 11.9 Å². The van der Waals surface area contributed by atoms with Crippen molar-refractivity contribution < 1.29 is 9.59 Å². The van der Waals surface area contributed by atoms with Gasteiger partial charge >= 0.3 is 6.03 Å². The number of piperazine rings is 1. The van der Waals surface area contributed by atoms with Crippen molar-refractivity contribution in [2.75, 3.05) is 42.9 Å². The zero-order chi connectivity index (χ0) is 21.5. The second-order valence-electron chi connectivity index (χ2n) is 7.88. The predicted octanol–water partition coefficient (Wildman–Crippen LogP) is 3.37. The van der Waals surface area contributed by atoms with E-state index in [1.807, 2.05) is 48.2 Å². The van der Waals surface area contributed by atoms with Crippen molar-refractivity contribution in [1.82, 2.24) is 15.2 Å². The van der Waals surface area contributed by atoms with Gasteiger partial charge in [-0.05, 0) is 36.1 Å². The van der Waals surface area contributed by atoms with Crippen molar-refractivity contribution in [3.63, 3.8) is 0 Å². The molecular weight excluding hydrogens is 378 g/mol. The average Bonchev–Trinajstić information content (AvgIpc) is 2.75. The van der Waals surface area contributed by atoms with E-state index in [0.29, 0.717) is 32.0 Å². The first-order valence-corrected chi connectivity index (χ1v) is 10.5. The van der Waals surface area contributed by atoms with Crippen LogP contribution in [0, 0.1) is 6.92 Å². The Morgan fingerprint density at radius 2 is 1.83 bits per heavy atom. The van der Waals surface area contributed by atoms with Gasteiger partial charge in [-0.2, -0.15) is 0 Å². The van der Waals surface area contributed by atoms with Gasteiger partial charge in [0.1, 0.15) is 5.82 Å². The zero-order valence-corrected chi connectivity index (χ0v) is 18.0. The Labute approximate surface area is 178 Å². The minimum atomic E-state index is -0.279. The number of amides is 3. The van der Waals surface area contributed by atoms with Crippen LogP contribution in [0.15, 0.2) is 42.6 Å². The van der Waals surface area contributed by atoms with E-state index in [4.69, 9.17) is 0 Å². The summed E-state index contributed by atoms with van der Waals surface area (Å²) in [5, 5.41) is 5.76. The Morgan fingerprint density at radius 3 is 2.50 bits per heavy atom. The van der Waals surface area contributed by atoms with E-state index in [1.54, 1.807) is 6.20 Å². The van der Waals surface area contributed by atoms with Crippen LogP contribution >= 0.6 is 0 Å². The number of anilines is 2. The van der Waals surface area contributed by atoms with Gasteiger partial charge in [0.2, 0.25) is 5.91 Å². The largest absolute Gasteiger partial charge is 0.353 e. The Balaban J connectivity index is 1.43. The summed E-state index contributed by atoms with van der Waals surface area (Å²) in [7, 11) is 0. The third-order valence-corrected chi connectivity index (χ3v) is 5.40. The SMILES string of the molecule is Cc1cccc(C(C)C)c1NC(=O)NCCC(=O)N1CCN(c2ccccn2)CC1. The van der Waals surface area contributed by atoms with Crippen LogP contribution in [-0.2, 0) is 4.79 Å². The summed E-state index contributed by atoms with van der Waals surface area (Å²) in [6.45, 7) is 9.37. The molecule has 7 nitrogen and oxygen atoms in total. The van der Waals surface area contributed by atoms with E-state index in [0.717, 1.165) is 35.7 Å². The highest BCUT2D eigenvalue weighted by Gasteiger charge is 2.21. The van der Waals surface area contributed by atoms with Gasteiger partial charge in [0, 0.05) is 51.0 Å². The minimum absolute atomic E-state index is 0.0646. The fraction of sp³-hybridized carbons (Fsp3) is 0.435. The van der Waals surface area contributed by atoms with Crippen LogP contribution in [0.3, 0.4) is 0 Å². The average molecular weight is 410 g/mol. The Kier molecular flexibility index (Phi) is 7.27. The number of nitrogens with one attached hydrogen (secondary N) is 2. The number of carbonyl (C=O) groups is 2. The number of hydrogen-bond acceptors (Lipinski definition) is 4. The first-order valence-electron chi connectivity index (χ1n) is 10.5. The molecule has 0 saturated carbocycles. The Morgan fingerprint density at radius 1 is 1.07 bits per heavy atom. The predicted molar refractivity (Wildman–Crippen MR) is 120 cm³/mol. The van der Waals surface area contributed by atoms with Gasteiger partial charge in [0.25, 0.3) is 0 Å². The number of aromatic nitrogens is 1. The Bertz CT molecular complexity index is 861. The molecule has 1 aliphatic rings. The topological polar surface area (TPSA) is 77.6 Å². The number of urea groups is 1. The number of nitrogens with zero attached hydrogens (tertiary/aromatic N) is 3. The minimum Gasteiger partial charge on any atom is -0.353 e. The summed E-state index contributed by atoms with van der Waals surface area (Å²) < 4.78 is 0. The molecule has 0 atom stereocenters. The Hall–Kier alpha value is -3.09. The quantitative estimate of drug-likeness (QED) is 0.767. The van der Waals surface area contributed by atoms with Crippen LogP contribution in [0.25, 0.3) is 0 Å². The van der Waals surface area contributed by atoms with Crippen LogP contribution in [0.4, 0.5) is 16.3 Å². The number of carbonyl (C=O) groups excluding carboxylic acids is 2. The van der Waals surface area contributed by atoms with E-state index < -0.39 is 0 Å². The second kappa shape index (κ2) is 10.1. The number of hydrogen-bond donors (Lipinski definition) is 2. The fourth-order valence-electron chi connectivity index (χ4n) is 3.67. The summed E-state index contributed by atoms with van der Waals surface area (Å²) in [5.41, 5.74) is 2.98. The van der Waals surface area contributed by atoms with Crippen LogP contribution in [0.2, 0.25) is 0 Å². The van der Waals surface area contributed by atoms with Gasteiger partial charge in [0.05, 0.1) is 0 Å². The number of rotatable bonds is 6. The molecule has 0 spiro atoms. The number of pyridine rings is 1. The fourth-order valence-corrected chi connectivity index (χ4v) is 3.67. The third kappa shape index (κ3) is 5.49. The maximum Gasteiger partial charge on any atom is 0.319 e. The van der Waals surface area contributed by atoms with Crippen LogP contribution < -0.4 is 15.5 Å². The van der Waals surface area contributed by atoms with Gasteiger partial charge < -0.3 is 20.4 Å². The molecule has 0 aliphatic carbocycles. The van der Waals surface area contributed by atoms with Crippen molar-refractivity contribution in [3.8, 4) is 0 Å². The van der Waals surface area contributed by atoms with E-state index in [9.17, 15) is 9.59 Å². The molecule has 1 saturated heterocycles. The zero-order valence-electron chi connectivity index (χ0n) is 18.0. The summed E-state index contributed by atoms with van der Waals surface area (Å²) in [6.07, 6.45) is 2.08. The van der Waals surface area contributed by atoms with Crippen molar-refractivity contribution in [2.45, 2.75) is 33.1 Å². The molecule has 0 radical (unpaired) electrons.